The van der Waals surface area contributed by atoms with Crippen LogP contribution in [0, 0.1) is 34.0 Å². The van der Waals surface area contributed by atoms with E-state index in [0.29, 0.717) is 98.6 Å². The number of hydrogen-bond acceptors (Lipinski definition) is 24. The SMILES string of the molecule is CC(C)NCCCn1c(Sc2c(F)c3c(c([18F])c2I)OCO3)nc2c(N)ncnc21.CC(C)NCCCn1c(Sc2c([19F])c3c(c([19F])c2I)OCO3)nc2c(N)ncnc21.CC(NCCCn1c(Sc2cc3c(cc2I)OCO3)nc2c(N)ncnc21)C([19F])([19F])[19F]. The van der Waals surface area contributed by atoms with Gasteiger partial charge in [0.15, 0.2) is 101 Å². The van der Waals surface area contributed by atoms with E-state index in [-0.39, 0.29) is 84.3 Å². The number of nitrogens with two attached hydrogens (primary N) is 3. The highest BCUT2D eigenvalue weighted by Gasteiger charge is 2.36. The third kappa shape index (κ3) is 15.2. The van der Waals surface area contributed by atoms with Crippen LogP contribution in [0.5, 0.6) is 34.5 Å². The molecule has 0 fully saturated rings. The van der Waals surface area contributed by atoms with Gasteiger partial charge < -0.3 is 75.3 Å². The summed E-state index contributed by atoms with van der Waals surface area (Å²) in [6.45, 7) is 12.4. The van der Waals surface area contributed by atoms with Gasteiger partial charge in [-0.15, -0.1) is 0 Å². The molecule has 0 radical (unpaired) electrons. The van der Waals surface area contributed by atoms with E-state index in [1.165, 1.54) is 30.7 Å². The van der Waals surface area contributed by atoms with E-state index in [0.717, 1.165) is 64.8 Å². The molecule has 6 aromatic heterocycles. The van der Waals surface area contributed by atoms with E-state index in [2.05, 4.69) is 111 Å². The zero-order valence-corrected chi connectivity index (χ0v) is 57.6. The molecule has 486 valence electrons. The van der Waals surface area contributed by atoms with E-state index < -0.39 is 35.5 Å². The summed E-state index contributed by atoms with van der Waals surface area (Å²) in [7, 11) is 0. The lowest BCUT2D eigenvalue weighted by Crippen LogP contribution is -2.40. The van der Waals surface area contributed by atoms with E-state index in [1.54, 1.807) is 45.2 Å². The number of nitrogen functional groups attached to an aromatic ring is 3. The molecule has 9 heterocycles. The number of aryl methyl sites for hydroxylation is 3. The molecule has 3 aliphatic rings. The summed E-state index contributed by atoms with van der Waals surface area (Å²) < 4.78 is 135. The summed E-state index contributed by atoms with van der Waals surface area (Å²) >= 11 is 9.11. The minimum atomic E-state index is -4.28. The Labute approximate surface area is 567 Å². The van der Waals surface area contributed by atoms with Gasteiger partial charge in [-0.05, 0) is 149 Å². The molecule has 9 N–H and O–H groups in total. The first kappa shape index (κ1) is 68.0. The van der Waals surface area contributed by atoms with Crippen LogP contribution in [0.1, 0.15) is 53.9 Å². The van der Waals surface area contributed by atoms with E-state index in [1.807, 2.05) is 25.8 Å². The molecule has 91 heavy (non-hydrogen) atoms. The summed E-state index contributed by atoms with van der Waals surface area (Å²) in [6, 6.07) is 2.91. The lowest BCUT2D eigenvalue weighted by molar-refractivity contribution is -0.151. The molecule has 24 nitrogen and oxygen atoms in total. The second kappa shape index (κ2) is 29.6. The molecule has 3 aromatic carbocycles. The molecule has 0 saturated carbocycles. The molecule has 0 spiro atoms. The normalized spacial score (nSPS) is 13.5. The Morgan fingerprint density at radius 1 is 0.505 bits per heavy atom. The summed E-state index contributed by atoms with van der Waals surface area (Å²) in [5.41, 5.74) is 20.8. The van der Waals surface area contributed by atoms with Crippen molar-refractivity contribution in [1.29, 1.82) is 0 Å². The van der Waals surface area contributed by atoms with Gasteiger partial charge >= 0.3 is 6.18 Å². The van der Waals surface area contributed by atoms with Gasteiger partial charge in [0.1, 0.15) is 25.0 Å². The predicted molar refractivity (Wildman–Crippen MR) is 351 cm³/mol. The van der Waals surface area contributed by atoms with Crippen molar-refractivity contribution in [2.24, 2.45) is 0 Å². The number of ether oxygens (including phenoxy) is 6. The van der Waals surface area contributed by atoms with Gasteiger partial charge in [0.25, 0.3) is 0 Å². The van der Waals surface area contributed by atoms with Crippen LogP contribution in [0.4, 0.5) is 48.2 Å². The van der Waals surface area contributed by atoms with E-state index in [9.17, 15) is 22.0 Å². The first-order valence-electron chi connectivity index (χ1n) is 27.7. The molecule has 9 aromatic rings. The molecule has 37 heteroatoms. The van der Waals surface area contributed by atoms with Gasteiger partial charge in [-0.3, -0.25) is 0 Å². The molecule has 1 unspecified atom stereocenters. The molecule has 1 atom stereocenters. The van der Waals surface area contributed by atoms with Gasteiger partial charge in [0.2, 0.25) is 43.4 Å². The van der Waals surface area contributed by atoms with E-state index in [4.69, 9.17) is 45.6 Å². The highest BCUT2D eigenvalue weighted by atomic mass is 127. The lowest BCUT2D eigenvalue weighted by Gasteiger charge is -2.17. The van der Waals surface area contributed by atoms with Gasteiger partial charge in [0, 0.05) is 40.2 Å². The Hall–Kier alpha value is -5.86. The highest BCUT2D eigenvalue weighted by molar-refractivity contribution is 14.1. The maximum absolute atomic E-state index is 15.1. The maximum atomic E-state index is 15.1. The van der Waals surface area contributed by atoms with Crippen molar-refractivity contribution < 1.29 is 59.2 Å². The zero-order chi connectivity index (χ0) is 65.0. The Morgan fingerprint density at radius 2 is 0.857 bits per heavy atom. The molecule has 0 amide bonds. The molecular formula is C54H56F7I3N18O6S3. The van der Waals surface area contributed by atoms with Crippen LogP contribution in [0.3, 0.4) is 0 Å². The molecule has 0 bridgehead atoms. The van der Waals surface area contributed by atoms with Crippen LogP contribution in [-0.4, -0.2) is 123 Å². The minimum Gasteiger partial charge on any atom is -0.454 e. The molecule has 3 aliphatic heterocycles. The Balaban J connectivity index is 0.000000150. The number of aromatic nitrogens is 12. The number of anilines is 3. The Morgan fingerprint density at radius 3 is 1.24 bits per heavy atom. The number of hydrogen-bond donors (Lipinski definition) is 6. The van der Waals surface area contributed by atoms with Crippen molar-refractivity contribution in [1.82, 2.24) is 74.5 Å². The van der Waals surface area contributed by atoms with Crippen molar-refractivity contribution in [3.05, 3.63) is 65.1 Å². The predicted octanol–water partition coefficient (Wildman–Crippen LogP) is 10.9. The Bertz CT molecular complexity index is 3980. The number of nitrogens with one attached hydrogen (secondary N) is 3. The largest absolute Gasteiger partial charge is 0.454 e. The number of halogens is 10. The van der Waals surface area contributed by atoms with Crippen LogP contribution in [0.2, 0.25) is 0 Å². The quantitative estimate of drug-likeness (QED) is 0.0169. The second-order valence-electron chi connectivity index (χ2n) is 20.5. The standard InChI is InChI=1S/C18H18F3IN6O2S.2C18H19F2IN6O2S/c1-9(18(19,20)21)24-3-2-4-28-16-14(15(23)25-7-26-16)27-17(28)31-13-6-12-11(5-10(13)22)29-8-30-12;2*1-8(2)23-4-3-5-27-17-12(16(22)24-6-25-17)26-18(27)30-15-10(20)14-13(28-7-29-14)9(19)11(15)21/h5-7,9,24H,2-4,8H2,1H3,(H2,23,25,26);2*6,8,23H,3-5,7H2,1-2H3,(H2,22,24,25)/i19+0,20+0,21+0;19+0,20+0;19-1. The third-order valence-corrected chi connectivity index (χ3v) is 20.8. The highest BCUT2D eigenvalue weighted by Crippen LogP contribution is 2.49. The van der Waals surface area contributed by atoms with Crippen LogP contribution < -0.4 is 61.6 Å². The van der Waals surface area contributed by atoms with Gasteiger partial charge in [-0.1, -0.05) is 39.5 Å². The van der Waals surface area contributed by atoms with Crippen molar-refractivity contribution in [3.63, 3.8) is 0 Å². The smallest absolute Gasteiger partial charge is 0.403 e. The van der Waals surface area contributed by atoms with Gasteiger partial charge in [-0.25, -0.2) is 62.4 Å². The first-order valence-corrected chi connectivity index (χ1v) is 33.4. The summed E-state index contributed by atoms with van der Waals surface area (Å²) in [4.78, 5) is 39.5. The molecule has 0 saturated heterocycles. The van der Waals surface area contributed by atoms with Crippen molar-refractivity contribution in [3.8, 4) is 34.5 Å². The van der Waals surface area contributed by atoms with E-state index >= 15 is 8.78 Å². The molecule has 0 aliphatic carbocycles. The summed E-state index contributed by atoms with van der Waals surface area (Å²) in [6.07, 6.45) is 1.81. The number of alkyl halides is 3. The third-order valence-electron chi connectivity index (χ3n) is 13.5. The lowest BCUT2D eigenvalue weighted by atomic mass is 10.3. The van der Waals surface area contributed by atoms with Crippen molar-refractivity contribution in [2.45, 2.75) is 128 Å². The van der Waals surface area contributed by atoms with Crippen molar-refractivity contribution >= 4 is 154 Å². The maximum Gasteiger partial charge on any atom is 0.403 e. The zero-order valence-electron chi connectivity index (χ0n) is 48.7. The Kier molecular flexibility index (Phi) is 22.1. The number of fused-ring (bicyclic) bond motifs is 6. The van der Waals surface area contributed by atoms with Gasteiger partial charge in [0.05, 0.1) is 16.9 Å². The molecule has 12 rings (SSSR count). The fraction of sp³-hybridized carbons (Fsp3) is 0.389. The molecular weight excluding hydrogens is 1610 g/mol. The van der Waals surface area contributed by atoms with Crippen LogP contribution >= 0.6 is 103 Å². The van der Waals surface area contributed by atoms with Crippen LogP contribution in [0.15, 0.2) is 61.3 Å². The van der Waals surface area contributed by atoms with Crippen LogP contribution in [0.25, 0.3) is 33.5 Å². The number of imidazole rings is 3. The average molecular weight is 1660 g/mol. The number of benzene rings is 3. The first-order chi connectivity index (χ1) is 43.5. The fourth-order valence-electron chi connectivity index (χ4n) is 9.01. The van der Waals surface area contributed by atoms with Gasteiger partial charge in [-0.2, -0.15) is 13.2 Å². The minimum absolute atomic E-state index is 0.0701. The topological polar surface area (TPSA) is 300 Å². The number of rotatable bonds is 21. The van der Waals surface area contributed by atoms with Crippen LogP contribution in [-0.2, 0) is 19.6 Å². The van der Waals surface area contributed by atoms with Crippen molar-refractivity contribution in [2.75, 3.05) is 57.2 Å². The fourth-order valence-corrected chi connectivity index (χ4v) is 14.3. The number of nitrogens with zero attached hydrogens (tertiary/aromatic N) is 12. The average Bonchev–Trinajstić information content (AvgIpc) is 1.71. The second-order valence-corrected chi connectivity index (χ2v) is 26.8. The monoisotopic (exact) mass is 1660 g/mol. The summed E-state index contributed by atoms with van der Waals surface area (Å²) in [5.74, 6) is -1.50. The summed E-state index contributed by atoms with van der Waals surface area (Å²) in [5, 5.41) is 10.7.